The van der Waals surface area contributed by atoms with Gasteiger partial charge in [0.05, 0.1) is 11.1 Å². The molecule has 1 fully saturated rings. The summed E-state index contributed by atoms with van der Waals surface area (Å²) in [5, 5.41) is 9.00. The molecule has 8 heteroatoms. The van der Waals surface area contributed by atoms with Crippen molar-refractivity contribution < 1.29 is 9.18 Å². The molecule has 2 N–H and O–H groups in total. The minimum absolute atomic E-state index is 0.188. The molecule has 1 saturated heterocycles. The molecular weight excluding hydrogens is 377 g/mol. The van der Waals surface area contributed by atoms with Crippen molar-refractivity contribution in [2.45, 2.75) is 31.8 Å². The van der Waals surface area contributed by atoms with Gasteiger partial charge in [-0.15, -0.1) is 11.3 Å². The van der Waals surface area contributed by atoms with Crippen molar-refractivity contribution in [3.63, 3.8) is 0 Å². The van der Waals surface area contributed by atoms with E-state index >= 15 is 0 Å². The summed E-state index contributed by atoms with van der Waals surface area (Å²) in [4.78, 5) is 24.7. The van der Waals surface area contributed by atoms with Crippen molar-refractivity contribution in [1.29, 1.82) is 0 Å². The minimum Gasteiger partial charge on any atom is -0.344 e. The average molecular weight is 397 g/mol. The summed E-state index contributed by atoms with van der Waals surface area (Å²) in [6, 6.07) is 5.18. The lowest BCUT2D eigenvalue weighted by molar-refractivity contribution is -0.117. The first-order chi connectivity index (χ1) is 13.7. The molecule has 0 aliphatic carbocycles. The topological polar surface area (TPSA) is 70.2 Å². The molecular formula is C20H20FN5OS. The van der Waals surface area contributed by atoms with E-state index in [0.717, 1.165) is 47.5 Å². The van der Waals surface area contributed by atoms with Crippen LogP contribution < -0.4 is 15.5 Å². The summed E-state index contributed by atoms with van der Waals surface area (Å²) < 4.78 is 14.9. The number of aromatic nitrogens is 2. The second-order valence-corrected chi connectivity index (χ2v) is 8.06. The van der Waals surface area contributed by atoms with Crippen LogP contribution in [0.25, 0.3) is 10.2 Å². The van der Waals surface area contributed by atoms with Gasteiger partial charge in [-0.25, -0.2) is 14.4 Å². The molecule has 0 bridgehead atoms. The van der Waals surface area contributed by atoms with Gasteiger partial charge in [0.1, 0.15) is 28.8 Å². The molecule has 2 aromatic heterocycles. The van der Waals surface area contributed by atoms with E-state index in [9.17, 15) is 9.18 Å². The van der Waals surface area contributed by atoms with Crippen molar-refractivity contribution in [2.24, 2.45) is 0 Å². The monoisotopic (exact) mass is 397 g/mol. The molecule has 1 amide bonds. The fourth-order valence-corrected chi connectivity index (χ4v) is 4.87. The quantitative estimate of drug-likeness (QED) is 0.711. The van der Waals surface area contributed by atoms with Crippen LogP contribution in [-0.2, 0) is 17.8 Å². The summed E-state index contributed by atoms with van der Waals surface area (Å²) in [5.41, 5.74) is 1.93. The van der Waals surface area contributed by atoms with E-state index < -0.39 is 0 Å². The van der Waals surface area contributed by atoms with Crippen LogP contribution in [0.1, 0.15) is 24.0 Å². The number of hydrogen-bond donors (Lipinski definition) is 2. The van der Waals surface area contributed by atoms with Gasteiger partial charge in [0.15, 0.2) is 0 Å². The molecule has 2 aliphatic rings. The molecule has 3 aromatic rings. The van der Waals surface area contributed by atoms with E-state index in [1.807, 2.05) is 22.4 Å². The maximum absolute atomic E-state index is 14.9. The summed E-state index contributed by atoms with van der Waals surface area (Å²) >= 11 is 1.55. The Hall–Kier alpha value is -2.58. The summed E-state index contributed by atoms with van der Waals surface area (Å²) in [5.74, 6) is 0.285. The maximum atomic E-state index is 14.9. The van der Waals surface area contributed by atoms with E-state index in [2.05, 4.69) is 20.6 Å². The van der Waals surface area contributed by atoms with Crippen LogP contribution in [0.4, 0.5) is 15.9 Å². The number of carbonyl (C=O) groups excluding carboxylic acids is 1. The number of halogens is 1. The van der Waals surface area contributed by atoms with Gasteiger partial charge in [-0.1, -0.05) is 6.07 Å². The van der Waals surface area contributed by atoms with Gasteiger partial charge in [0.25, 0.3) is 0 Å². The Morgan fingerprint density at radius 2 is 2.25 bits per heavy atom. The number of amides is 1. The first kappa shape index (κ1) is 17.5. The van der Waals surface area contributed by atoms with Gasteiger partial charge in [-0.3, -0.25) is 4.79 Å². The van der Waals surface area contributed by atoms with E-state index in [0.29, 0.717) is 18.5 Å². The first-order valence-electron chi connectivity index (χ1n) is 9.49. The van der Waals surface area contributed by atoms with E-state index in [-0.39, 0.29) is 23.5 Å². The normalized spacial score (nSPS) is 19.0. The van der Waals surface area contributed by atoms with Crippen molar-refractivity contribution in [1.82, 2.24) is 15.3 Å². The third-order valence-corrected chi connectivity index (χ3v) is 6.35. The van der Waals surface area contributed by atoms with Crippen LogP contribution in [0.2, 0.25) is 0 Å². The van der Waals surface area contributed by atoms with Gasteiger partial charge in [0.2, 0.25) is 5.91 Å². The molecule has 0 spiro atoms. The Bertz CT molecular complexity index is 1050. The van der Waals surface area contributed by atoms with E-state index in [1.165, 1.54) is 0 Å². The summed E-state index contributed by atoms with van der Waals surface area (Å²) in [6.45, 7) is 2.17. The Morgan fingerprint density at radius 1 is 1.32 bits per heavy atom. The van der Waals surface area contributed by atoms with Crippen molar-refractivity contribution in [3.05, 3.63) is 46.9 Å². The lowest BCUT2D eigenvalue weighted by Gasteiger charge is -2.26. The molecule has 6 nitrogen and oxygen atoms in total. The number of nitrogens with zero attached hydrogens (tertiary/aromatic N) is 3. The predicted molar refractivity (Wildman–Crippen MR) is 108 cm³/mol. The smallest absolute Gasteiger partial charge is 0.247 e. The Morgan fingerprint density at radius 3 is 3.18 bits per heavy atom. The minimum atomic E-state index is -0.366. The third kappa shape index (κ3) is 2.93. The fraction of sp³-hybridized carbons (Fsp3) is 0.350. The molecule has 2 aliphatic heterocycles. The summed E-state index contributed by atoms with van der Waals surface area (Å²) in [6.07, 6.45) is 3.79. The van der Waals surface area contributed by atoms with Gasteiger partial charge in [-0.05, 0) is 54.4 Å². The standard InChI is InChI=1S/C20H20FN5OS/c21-17-13-5-7-22-10-12(13)3-4-15(17)25-19(27)16-2-1-8-26(16)18-14-6-9-28-20(14)24-11-23-18/h3-4,6,9,11,16,22H,1-2,5,7-8,10H2,(H,25,27). The van der Waals surface area contributed by atoms with Crippen LogP contribution in [0.3, 0.4) is 0 Å². The Labute approximate surface area is 165 Å². The molecule has 144 valence electrons. The van der Waals surface area contributed by atoms with E-state index in [1.54, 1.807) is 23.7 Å². The lowest BCUT2D eigenvalue weighted by atomic mass is 9.99. The van der Waals surface area contributed by atoms with Crippen molar-refractivity contribution in [3.8, 4) is 0 Å². The number of benzene rings is 1. The molecule has 0 radical (unpaired) electrons. The highest BCUT2D eigenvalue weighted by Crippen LogP contribution is 2.32. The van der Waals surface area contributed by atoms with Crippen LogP contribution in [-0.4, -0.2) is 35.0 Å². The zero-order valence-corrected chi connectivity index (χ0v) is 16.1. The fourth-order valence-electron chi connectivity index (χ4n) is 4.14. The molecule has 0 saturated carbocycles. The molecule has 1 unspecified atom stereocenters. The lowest BCUT2D eigenvalue weighted by Crippen LogP contribution is -2.40. The molecule has 1 atom stereocenters. The molecule has 1 aromatic carbocycles. The van der Waals surface area contributed by atoms with Crippen LogP contribution >= 0.6 is 11.3 Å². The zero-order valence-electron chi connectivity index (χ0n) is 15.2. The Kier molecular flexibility index (Phi) is 4.44. The highest BCUT2D eigenvalue weighted by Gasteiger charge is 2.33. The number of hydrogen-bond acceptors (Lipinski definition) is 6. The van der Waals surface area contributed by atoms with Gasteiger partial charge >= 0.3 is 0 Å². The summed E-state index contributed by atoms with van der Waals surface area (Å²) in [7, 11) is 0. The van der Waals surface area contributed by atoms with Crippen molar-refractivity contribution in [2.75, 3.05) is 23.3 Å². The molecule has 28 heavy (non-hydrogen) atoms. The number of nitrogens with one attached hydrogen (secondary N) is 2. The van der Waals surface area contributed by atoms with Gasteiger partial charge in [0, 0.05) is 13.1 Å². The van der Waals surface area contributed by atoms with Gasteiger partial charge < -0.3 is 15.5 Å². The van der Waals surface area contributed by atoms with Crippen LogP contribution in [0, 0.1) is 5.82 Å². The van der Waals surface area contributed by atoms with Gasteiger partial charge in [-0.2, -0.15) is 0 Å². The zero-order chi connectivity index (χ0) is 19.1. The predicted octanol–water partition coefficient (Wildman–Crippen LogP) is 3.08. The molecule has 4 heterocycles. The average Bonchev–Trinajstić information content (AvgIpc) is 3.39. The highest BCUT2D eigenvalue weighted by molar-refractivity contribution is 7.16. The maximum Gasteiger partial charge on any atom is 0.247 e. The Balaban J connectivity index is 1.41. The largest absolute Gasteiger partial charge is 0.344 e. The number of thiophene rings is 1. The van der Waals surface area contributed by atoms with Crippen molar-refractivity contribution >= 4 is 39.0 Å². The second kappa shape index (κ2) is 7.10. The van der Waals surface area contributed by atoms with Crippen LogP contribution in [0.15, 0.2) is 29.9 Å². The number of rotatable bonds is 3. The number of fused-ring (bicyclic) bond motifs is 2. The highest BCUT2D eigenvalue weighted by atomic mass is 32.1. The van der Waals surface area contributed by atoms with Crippen LogP contribution in [0.5, 0.6) is 0 Å². The second-order valence-electron chi connectivity index (χ2n) is 7.17. The third-order valence-electron chi connectivity index (χ3n) is 5.53. The molecule has 5 rings (SSSR count). The number of carbonyl (C=O) groups is 1. The SMILES string of the molecule is O=C(Nc1ccc2c(c1F)CCNC2)C1CCCN1c1ncnc2sccc12. The first-order valence-corrected chi connectivity index (χ1v) is 10.4. The van der Waals surface area contributed by atoms with E-state index in [4.69, 9.17) is 0 Å². The number of anilines is 2.